The summed E-state index contributed by atoms with van der Waals surface area (Å²) in [4.78, 5) is 23.4. The fourth-order valence-corrected chi connectivity index (χ4v) is 3.13. The first-order valence-corrected chi connectivity index (χ1v) is 8.26. The van der Waals surface area contributed by atoms with Crippen LogP contribution in [0.5, 0.6) is 5.75 Å². The summed E-state index contributed by atoms with van der Waals surface area (Å²) >= 11 is 3.35. The molecule has 1 amide bonds. The third kappa shape index (κ3) is 4.73. The number of aliphatic carboxylic acids is 1. The average molecular weight is 370 g/mol. The Morgan fingerprint density at radius 3 is 2.68 bits per heavy atom. The molecule has 0 heterocycles. The molecule has 1 fully saturated rings. The van der Waals surface area contributed by atoms with Crippen LogP contribution in [0.25, 0.3) is 0 Å². The second-order valence-electron chi connectivity index (χ2n) is 5.48. The number of carbonyl (C=O) groups is 2. The molecule has 0 bridgehead atoms. The molecule has 6 heteroatoms. The number of benzene rings is 1. The van der Waals surface area contributed by atoms with Gasteiger partial charge in [-0.3, -0.25) is 9.59 Å². The van der Waals surface area contributed by atoms with Crippen molar-refractivity contribution in [1.82, 2.24) is 5.32 Å². The second-order valence-corrected chi connectivity index (χ2v) is 6.33. The van der Waals surface area contributed by atoms with Crippen LogP contribution in [0.3, 0.4) is 0 Å². The molecule has 0 aromatic heterocycles. The first kappa shape index (κ1) is 16.8. The summed E-state index contributed by atoms with van der Waals surface area (Å²) in [6, 6.07) is 6.97. The van der Waals surface area contributed by atoms with E-state index in [1.807, 2.05) is 18.2 Å². The highest BCUT2D eigenvalue weighted by Crippen LogP contribution is 2.25. The third-order valence-electron chi connectivity index (χ3n) is 3.87. The average Bonchev–Trinajstić information content (AvgIpc) is 2.72. The normalized spacial score (nSPS) is 21.7. The van der Waals surface area contributed by atoms with Gasteiger partial charge in [0.1, 0.15) is 5.75 Å². The zero-order valence-corrected chi connectivity index (χ0v) is 13.8. The number of carboxylic acids is 1. The Morgan fingerprint density at radius 2 is 1.95 bits per heavy atom. The van der Waals surface area contributed by atoms with Gasteiger partial charge in [-0.1, -0.05) is 31.4 Å². The molecule has 120 valence electrons. The molecule has 2 rings (SSSR count). The Bertz CT molecular complexity index is 535. The molecule has 0 spiro atoms. The molecule has 22 heavy (non-hydrogen) atoms. The number of carbonyl (C=O) groups excluding carboxylic acids is 1. The van der Waals surface area contributed by atoms with Crippen LogP contribution in [0.2, 0.25) is 0 Å². The van der Waals surface area contributed by atoms with Gasteiger partial charge in [0.25, 0.3) is 5.91 Å². The van der Waals surface area contributed by atoms with Crippen LogP contribution in [-0.4, -0.2) is 29.6 Å². The lowest BCUT2D eigenvalue weighted by Crippen LogP contribution is -2.44. The lowest BCUT2D eigenvalue weighted by atomic mass is 9.95. The number of carboxylic acid groups (broad SMARTS) is 1. The van der Waals surface area contributed by atoms with Gasteiger partial charge in [0.05, 0.1) is 10.4 Å². The van der Waals surface area contributed by atoms with Crippen molar-refractivity contribution in [3.8, 4) is 5.75 Å². The number of para-hydroxylation sites is 1. The van der Waals surface area contributed by atoms with E-state index in [1.54, 1.807) is 6.07 Å². The molecule has 2 atom stereocenters. The van der Waals surface area contributed by atoms with Gasteiger partial charge in [-0.25, -0.2) is 0 Å². The van der Waals surface area contributed by atoms with Crippen molar-refractivity contribution < 1.29 is 19.4 Å². The summed E-state index contributed by atoms with van der Waals surface area (Å²) in [7, 11) is 0. The highest BCUT2D eigenvalue weighted by atomic mass is 79.9. The minimum Gasteiger partial charge on any atom is -0.483 e. The van der Waals surface area contributed by atoms with Crippen molar-refractivity contribution in [2.24, 2.45) is 5.92 Å². The Morgan fingerprint density at radius 1 is 1.23 bits per heavy atom. The molecule has 0 unspecified atom stereocenters. The summed E-state index contributed by atoms with van der Waals surface area (Å²) in [6.45, 7) is -0.120. The van der Waals surface area contributed by atoms with Crippen molar-refractivity contribution in [3.63, 3.8) is 0 Å². The minimum atomic E-state index is -0.834. The maximum Gasteiger partial charge on any atom is 0.308 e. The van der Waals surface area contributed by atoms with Gasteiger partial charge in [-0.2, -0.15) is 0 Å². The molecule has 1 saturated carbocycles. The molecule has 1 aromatic rings. The summed E-state index contributed by atoms with van der Waals surface area (Å²) in [5.41, 5.74) is 0. The second kappa shape index (κ2) is 8.17. The fourth-order valence-electron chi connectivity index (χ4n) is 2.73. The zero-order chi connectivity index (χ0) is 15.9. The maximum absolute atomic E-state index is 12.0. The summed E-state index contributed by atoms with van der Waals surface area (Å²) < 4.78 is 6.24. The van der Waals surface area contributed by atoms with Crippen LogP contribution in [0.1, 0.15) is 32.1 Å². The largest absolute Gasteiger partial charge is 0.483 e. The van der Waals surface area contributed by atoms with E-state index in [9.17, 15) is 14.7 Å². The van der Waals surface area contributed by atoms with Crippen LogP contribution >= 0.6 is 15.9 Å². The van der Waals surface area contributed by atoms with Gasteiger partial charge in [-0.05, 0) is 40.9 Å². The van der Waals surface area contributed by atoms with Crippen molar-refractivity contribution in [2.75, 3.05) is 6.61 Å². The van der Waals surface area contributed by atoms with Gasteiger partial charge >= 0.3 is 5.97 Å². The minimum absolute atomic E-state index is 0.120. The smallest absolute Gasteiger partial charge is 0.308 e. The molecular weight excluding hydrogens is 350 g/mol. The van der Waals surface area contributed by atoms with Gasteiger partial charge in [0.2, 0.25) is 0 Å². The molecule has 0 aliphatic heterocycles. The fraction of sp³-hybridized carbons (Fsp3) is 0.500. The van der Waals surface area contributed by atoms with Crippen LogP contribution < -0.4 is 10.1 Å². The molecule has 0 saturated heterocycles. The van der Waals surface area contributed by atoms with Crippen LogP contribution in [0.4, 0.5) is 0 Å². The summed E-state index contributed by atoms with van der Waals surface area (Å²) in [6.07, 6.45) is 4.18. The number of nitrogens with one attached hydrogen (secondary N) is 1. The van der Waals surface area contributed by atoms with Crippen molar-refractivity contribution in [2.45, 2.75) is 38.1 Å². The predicted octanol–water partition coefficient (Wildman–Crippen LogP) is 2.98. The van der Waals surface area contributed by atoms with Crippen LogP contribution in [-0.2, 0) is 9.59 Å². The SMILES string of the molecule is O=C(COc1ccccc1Br)N[C@H]1CCCCC[C@H]1C(=O)O. The van der Waals surface area contributed by atoms with E-state index in [2.05, 4.69) is 21.2 Å². The number of hydrogen-bond acceptors (Lipinski definition) is 3. The number of hydrogen-bond donors (Lipinski definition) is 2. The summed E-state index contributed by atoms with van der Waals surface area (Å²) in [5, 5.41) is 12.1. The Hall–Kier alpha value is -1.56. The van der Waals surface area contributed by atoms with E-state index >= 15 is 0 Å². The molecule has 1 aromatic carbocycles. The van der Waals surface area contributed by atoms with Crippen molar-refractivity contribution in [3.05, 3.63) is 28.7 Å². The van der Waals surface area contributed by atoms with E-state index in [0.717, 1.165) is 23.7 Å². The Kier molecular flexibility index (Phi) is 6.24. The highest BCUT2D eigenvalue weighted by molar-refractivity contribution is 9.10. The number of halogens is 1. The first-order chi connectivity index (χ1) is 10.6. The van der Waals surface area contributed by atoms with Crippen LogP contribution in [0, 0.1) is 5.92 Å². The van der Waals surface area contributed by atoms with Gasteiger partial charge in [0, 0.05) is 6.04 Å². The molecule has 5 nitrogen and oxygen atoms in total. The van der Waals surface area contributed by atoms with E-state index in [-0.39, 0.29) is 18.6 Å². The zero-order valence-electron chi connectivity index (χ0n) is 12.3. The van der Waals surface area contributed by atoms with Gasteiger partial charge in [-0.15, -0.1) is 0 Å². The van der Waals surface area contributed by atoms with Crippen molar-refractivity contribution >= 4 is 27.8 Å². The summed E-state index contributed by atoms with van der Waals surface area (Å²) in [5.74, 6) is -1.03. The predicted molar refractivity (Wildman–Crippen MR) is 85.8 cm³/mol. The van der Waals surface area contributed by atoms with E-state index in [4.69, 9.17) is 4.74 Å². The number of amides is 1. The number of ether oxygens (including phenoxy) is 1. The van der Waals surface area contributed by atoms with Gasteiger partial charge < -0.3 is 15.2 Å². The van der Waals surface area contributed by atoms with E-state index < -0.39 is 11.9 Å². The lowest BCUT2D eigenvalue weighted by molar-refractivity contribution is -0.143. The monoisotopic (exact) mass is 369 g/mol. The van der Waals surface area contributed by atoms with E-state index in [0.29, 0.717) is 18.6 Å². The first-order valence-electron chi connectivity index (χ1n) is 7.47. The van der Waals surface area contributed by atoms with Crippen LogP contribution in [0.15, 0.2) is 28.7 Å². The standard InChI is InChI=1S/C16H20BrNO4/c17-12-7-4-5-9-14(12)22-10-15(19)18-13-8-3-1-2-6-11(13)16(20)21/h4-5,7,9,11,13H,1-3,6,8,10H2,(H,18,19)(H,20,21)/t11-,13+/m1/s1. The quantitative estimate of drug-likeness (QED) is 0.782. The molecular formula is C16H20BrNO4. The Balaban J connectivity index is 1.89. The molecule has 1 aliphatic rings. The molecule has 2 N–H and O–H groups in total. The molecule has 0 radical (unpaired) electrons. The Labute approximate surface area is 138 Å². The third-order valence-corrected chi connectivity index (χ3v) is 4.53. The lowest BCUT2D eigenvalue weighted by Gasteiger charge is -2.22. The van der Waals surface area contributed by atoms with Gasteiger partial charge in [0.15, 0.2) is 6.61 Å². The molecule has 1 aliphatic carbocycles. The number of rotatable bonds is 5. The van der Waals surface area contributed by atoms with Crippen molar-refractivity contribution in [1.29, 1.82) is 0 Å². The maximum atomic E-state index is 12.0. The topological polar surface area (TPSA) is 75.6 Å². The van der Waals surface area contributed by atoms with E-state index in [1.165, 1.54) is 0 Å². The highest BCUT2D eigenvalue weighted by Gasteiger charge is 2.30.